The Morgan fingerprint density at radius 2 is 0.772 bits per heavy atom. The molecule has 0 radical (unpaired) electrons. The molecule has 0 aliphatic heterocycles. The van der Waals surface area contributed by atoms with Crippen molar-refractivity contribution in [2.45, 2.75) is 117 Å². The number of carbonyl (C=O) groups is 4. The van der Waals surface area contributed by atoms with E-state index >= 15 is 0 Å². The number of aromatic carboxylic acids is 2. The Morgan fingerprint density at radius 1 is 0.491 bits per heavy atom. The van der Waals surface area contributed by atoms with E-state index in [0.29, 0.717) is 22.3 Å². The molecule has 320 valence electrons. The van der Waals surface area contributed by atoms with Gasteiger partial charge >= 0.3 is 23.9 Å². The number of carboxylic acids is 2. The fourth-order valence-electron chi connectivity index (χ4n) is 4.98. The third-order valence-corrected chi connectivity index (χ3v) is 10.0. The van der Waals surface area contributed by atoms with Crippen LogP contribution in [-0.4, -0.2) is 48.3 Å². The maximum absolute atomic E-state index is 11.4. The molecule has 0 atom stereocenters. The van der Waals surface area contributed by atoms with Gasteiger partial charge < -0.3 is 19.7 Å². The van der Waals surface area contributed by atoms with E-state index in [9.17, 15) is 19.2 Å². The molecule has 4 aromatic carbocycles. The summed E-state index contributed by atoms with van der Waals surface area (Å²) in [6.45, 7) is 11.8. The topological polar surface area (TPSA) is 127 Å². The lowest BCUT2D eigenvalue weighted by atomic mass is 9.98. The number of hydrogen-bond donors (Lipinski definition) is 2. The monoisotopic (exact) mass is 920 g/mol. The minimum Gasteiger partial charge on any atom is -0.478 e. The van der Waals surface area contributed by atoms with Crippen molar-refractivity contribution in [1.29, 1.82) is 0 Å². The average Bonchev–Trinajstić information content (AvgIpc) is 3.13. The van der Waals surface area contributed by atoms with E-state index in [0.717, 1.165) is 68.9 Å². The molecule has 0 heterocycles. The summed E-state index contributed by atoms with van der Waals surface area (Å²) in [5, 5.41) is 17.6. The van der Waals surface area contributed by atoms with Gasteiger partial charge in [-0.05, 0) is 123 Å². The summed E-state index contributed by atoms with van der Waals surface area (Å²) < 4.78 is 11.1. The summed E-state index contributed by atoms with van der Waals surface area (Å²) in [6, 6.07) is 21.9. The number of carbonyl (C=O) groups excluding carboxylic acids is 2. The summed E-state index contributed by atoms with van der Waals surface area (Å²) in [4.78, 5) is 44.0. The molecule has 2 N–H and O–H groups in total. The maximum Gasteiger partial charge on any atom is 0.338 e. The van der Waals surface area contributed by atoms with Crippen LogP contribution in [-0.2, 0) is 22.3 Å². The highest BCUT2D eigenvalue weighted by molar-refractivity contribution is 9.10. The average molecular weight is 923 g/mol. The largest absolute Gasteiger partial charge is 0.478 e. The standard InChI is InChI=1S/C13H18O2.C12H16O2.C9H9BrO2.C8H7BrO2.5CH4/c1-4-5-7-11-8-6-9-12(10(11)2)13(14)15-3;1-3-4-6-10-7-5-8-11(9(10)2)12(13)14;1-6-7(9(11)12-2)4-3-5-8(6)10;1-5-6(8(10)11)3-2-4-7(5)9;;;;;/h6,8-9H,4-5,7H2,1-3H3;5,7-8H,3-4,6H2,1-2H3,(H,13,14);3-5H,1-2H3;2-4H,1H3,(H,10,11);5*1H4. The Morgan fingerprint density at radius 3 is 1.09 bits per heavy atom. The van der Waals surface area contributed by atoms with Crippen LogP contribution in [0.3, 0.4) is 0 Å². The Hall–Kier alpha value is -4.28. The highest BCUT2D eigenvalue weighted by Crippen LogP contribution is 2.21. The van der Waals surface area contributed by atoms with Gasteiger partial charge in [0.2, 0.25) is 0 Å². The lowest BCUT2D eigenvalue weighted by Crippen LogP contribution is -2.05. The molecule has 0 aliphatic rings. The van der Waals surface area contributed by atoms with Crippen LogP contribution in [0, 0.1) is 27.7 Å². The molecule has 4 aromatic rings. The predicted octanol–water partition coefficient (Wildman–Crippen LogP) is 14.3. The summed E-state index contributed by atoms with van der Waals surface area (Å²) in [5.74, 6) is -2.26. The molecule has 0 saturated carbocycles. The number of aryl methyl sites for hydroxylation is 2. The molecule has 0 amide bonds. The number of carboxylic acid groups (broad SMARTS) is 2. The van der Waals surface area contributed by atoms with Crippen LogP contribution in [0.5, 0.6) is 0 Å². The number of benzene rings is 4. The zero-order valence-corrected chi connectivity index (χ0v) is 34.4. The summed E-state index contributed by atoms with van der Waals surface area (Å²) in [5.41, 5.74) is 8.11. The molecular formula is C47H70Br2O8. The van der Waals surface area contributed by atoms with Crippen molar-refractivity contribution in [3.63, 3.8) is 0 Å². The minimum atomic E-state index is -0.885. The first kappa shape index (κ1) is 61.9. The first-order chi connectivity index (χ1) is 24.7. The van der Waals surface area contributed by atoms with Gasteiger partial charge in [-0.1, -0.05) is 132 Å². The van der Waals surface area contributed by atoms with Crippen molar-refractivity contribution in [2.75, 3.05) is 14.2 Å². The molecular weight excluding hydrogens is 852 g/mol. The molecule has 8 nitrogen and oxygen atoms in total. The van der Waals surface area contributed by atoms with Gasteiger partial charge in [-0.25, -0.2) is 19.2 Å². The highest BCUT2D eigenvalue weighted by atomic mass is 79.9. The number of esters is 2. The van der Waals surface area contributed by atoms with Crippen molar-refractivity contribution in [3.05, 3.63) is 137 Å². The van der Waals surface area contributed by atoms with Crippen LogP contribution < -0.4 is 0 Å². The van der Waals surface area contributed by atoms with E-state index in [4.69, 9.17) is 14.9 Å². The van der Waals surface area contributed by atoms with Crippen LogP contribution in [0.1, 0.15) is 151 Å². The number of unbranched alkanes of at least 4 members (excludes halogenated alkanes) is 2. The summed E-state index contributed by atoms with van der Waals surface area (Å²) in [6.07, 6.45) is 6.59. The Balaban J connectivity index is -0.000000206. The first-order valence-corrected chi connectivity index (χ1v) is 18.5. The molecule has 0 aromatic heterocycles. The van der Waals surface area contributed by atoms with Crippen molar-refractivity contribution in [2.24, 2.45) is 0 Å². The SMILES string of the molecule is C.C.C.C.C.CCCCc1cccc(C(=O)O)c1C.CCCCc1cccc(C(=O)OC)c1C.COC(=O)c1cccc(Br)c1C.Cc1c(Br)cccc1C(=O)O. The van der Waals surface area contributed by atoms with Crippen LogP contribution in [0.4, 0.5) is 0 Å². The predicted molar refractivity (Wildman–Crippen MR) is 248 cm³/mol. The number of rotatable bonds is 10. The molecule has 0 fully saturated rings. The van der Waals surface area contributed by atoms with Crippen LogP contribution in [0.25, 0.3) is 0 Å². The smallest absolute Gasteiger partial charge is 0.338 e. The van der Waals surface area contributed by atoms with E-state index in [2.05, 4.69) is 56.5 Å². The normalized spacial score (nSPS) is 9.02. The second kappa shape index (κ2) is 32.8. The van der Waals surface area contributed by atoms with Gasteiger partial charge in [0.15, 0.2) is 0 Å². The Kier molecular flexibility index (Phi) is 35.6. The van der Waals surface area contributed by atoms with Crippen LogP contribution in [0.2, 0.25) is 0 Å². The fourth-order valence-corrected chi connectivity index (χ4v) is 5.72. The molecule has 0 spiro atoms. The van der Waals surface area contributed by atoms with E-state index in [1.165, 1.54) is 26.2 Å². The first-order valence-electron chi connectivity index (χ1n) is 17.0. The number of methoxy groups -OCH3 is 2. The number of halogens is 2. The summed E-state index contributed by atoms with van der Waals surface area (Å²) >= 11 is 6.59. The van der Waals surface area contributed by atoms with Gasteiger partial charge in [0.25, 0.3) is 0 Å². The molecule has 0 saturated heterocycles. The van der Waals surface area contributed by atoms with E-state index < -0.39 is 11.9 Å². The van der Waals surface area contributed by atoms with Gasteiger partial charge in [-0.15, -0.1) is 0 Å². The quantitative estimate of drug-likeness (QED) is 0.151. The van der Waals surface area contributed by atoms with Gasteiger partial charge in [-0.2, -0.15) is 0 Å². The van der Waals surface area contributed by atoms with Crippen molar-refractivity contribution < 1.29 is 38.9 Å². The van der Waals surface area contributed by atoms with Crippen molar-refractivity contribution in [3.8, 4) is 0 Å². The third-order valence-electron chi connectivity index (χ3n) is 8.30. The number of hydrogen-bond acceptors (Lipinski definition) is 6. The highest BCUT2D eigenvalue weighted by Gasteiger charge is 2.12. The van der Waals surface area contributed by atoms with Gasteiger partial charge in [0.05, 0.1) is 36.5 Å². The van der Waals surface area contributed by atoms with E-state index in [-0.39, 0.29) is 49.1 Å². The second-order valence-electron chi connectivity index (χ2n) is 11.8. The molecule has 4 rings (SSSR count). The summed E-state index contributed by atoms with van der Waals surface area (Å²) in [7, 11) is 2.79. The molecule has 57 heavy (non-hydrogen) atoms. The number of ether oxygens (including phenoxy) is 2. The molecule has 0 bridgehead atoms. The fraction of sp³-hybridized carbons (Fsp3) is 0.404. The minimum absolute atomic E-state index is 0. The zero-order valence-electron chi connectivity index (χ0n) is 31.3. The van der Waals surface area contributed by atoms with E-state index in [1.807, 2.05) is 63.2 Å². The lowest BCUT2D eigenvalue weighted by Gasteiger charge is -2.09. The molecule has 10 heteroatoms. The molecule has 0 aliphatic carbocycles. The van der Waals surface area contributed by atoms with Gasteiger partial charge in [0, 0.05) is 8.95 Å². The van der Waals surface area contributed by atoms with Gasteiger partial charge in [0.1, 0.15) is 0 Å². The Labute approximate surface area is 361 Å². The van der Waals surface area contributed by atoms with Crippen LogP contribution >= 0.6 is 31.9 Å². The third kappa shape index (κ3) is 20.1. The van der Waals surface area contributed by atoms with Crippen molar-refractivity contribution >= 4 is 55.7 Å². The van der Waals surface area contributed by atoms with Crippen LogP contribution in [0.15, 0.2) is 81.7 Å². The lowest BCUT2D eigenvalue weighted by molar-refractivity contribution is 0.0591. The van der Waals surface area contributed by atoms with Gasteiger partial charge in [-0.3, -0.25) is 0 Å². The maximum atomic E-state index is 11.4. The Bertz CT molecular complexity index is 1800. The van der Waals surface area contributed by atoms with Crippen molar-refractivity contribution in [1.82, 2.24) is 0 Å². The molecule has 0 unspecified atom stereocenters. The second-order valence-corrected chi connectivity index (χ2v) is 13.5. The zero-order chi connectivity index (χ0) is 39.4. The van der Waals surface area contributed by atoms with E-state index in [1.54, 1.807) is 31.2 Å².